The van der Waals surface area contributed by atoms with E-state index in [0.29, 0.717) is 11.4 Å². The second-order valence-corrected chi connectivity index (χ2v) is 7.52. The number of rotatable bonds is 3. The zero-order valence-electron chi connectivity index (χ0n) is 12.4. The van der Waals surface area contributed by atoms with Crippen LogP contribution < -0.4 is 0 Å². The molecule has 0 radical (unpaired) electrons. The summed E-state index contributed by atoms with van der Waals surface area (Å²) in [5.74, 6) is 0. The van der Waals surface area contributed by atoms with E-state index in [1.807, 2.05) is 49.0 Å². The minimum Gasteiger partial charge on any atom is -0.353 e. The number of aromatic nitrogens is 1. The van der Waals surface area contributed by atoms with Gasteiger partial charge in [-0.25, -0.2) is 8.42 Å². The van der Waals surface area contributed by atoms with Crippen LogP contribution in [-0.4, -0.2) is 23.8 Å². The van der Waals surface area contributed by atoms with Gasteiger partial charge in [0, 0.05) is 25.5 Å². The molecule has 1 unspecified atom stereocenters. The Hall–Kier alpha value is -1.59. The van der Waals surface area contributed by atoms with Crippen molar-refractivity contribution in [2.45, 2.75) is 30.7 Å². The maximum Gasteiger partial charge on any atom is 0.243 e. The van der Waals surface area contributed by atoms with Crippen LogP contribution in [0.4, 0.5) is 0 Å². The molecular formula is C16H20N2O2S. The number of aryl methyl sites for hydroxylation is 2. The van der Waals surface area contributed by atoms with Gasteiger partial charge in [0.2, 0.25) is 10.0 Å². The summed E-state index contributed by atoms with van der Waals surface area (Å²) < 4.78 is 29.4. The summed E-state index contributed by atoms with van der Waals surface area (Å²) in [6.45, 7) is 2.55. The molecule has 1 fully saturated rings. The first kappa shape index (κ1) is 14.4. The second kappa shape index (κ2) is 5.31. The summed E-state index contributed by atoms with van der Waals surface area (Å²) in [5, 5.41) is 0. The third-order valence-corrected chi connectivity index (χ3v) is 6.08. The lowest BCUT2D eigenvalue weighted by atomic mass is 10.1. The van der Waals surface area contributed by atoms with Gasteiger partial charge in [-0.15, -0.1) is 0 Å². The average molecular weight is 304 g/mol. The number of hydrogen-bond acceptors (Lipinski definition) is 2. The van der Waals surface area contributed by atoms with E-state index >= 15 is 0 Å². The summed E-state index contributed by atoms with van der Waals surface area (Å²) in [7, 11) is -1.46. The molecule has 1 aromatic carbocycles. The van der Waals surface area contributed by atoms with Gasteiger partial charge in [-0.2, -0.15) is 4.31 Å². The van der Waals surface area contributed by atoms with E-state index in [0.717, 1.165) is 24.1 Å². The van der Waals surface area contributed by atoms with Gasteiger partial charge in [0.25, 0.3) is 0 Å². The van der Waals surface area contributed by atoms with Crippen LogP contribution in [0.5, 0.6) is 0 Å². The zero-order chi connectivity index (χ0) is 15.0. The highest BCUT2D eigenvalue weighted by Crippen LogP contribution is 2.36. The van der Waals surface area contributed by atoms with E-state index in [1.165, 1.54) is 0 Å². The molecule has 0 saturated carbocycles. The number of nitrogens with zero attached hydrogens (tertiary/aromatic N) is 2. The minimum atomic E-state index is -3.43. The molecule has 0 bridgehead atoms. The van der Waals surface area contributed by atoms with Crippen LogP contribution in [0, 0.1) is 6.92 Å². The monoisotopic (exact) mass is 304 g/mol. The Kier molecular flexibility index (Phi) is 3.63. The largest absolute Gasteiger partial charge is 0.353 e. The van der Waals surface area contributed by atoms with Gasteiger partial charge >= 0.3 is 0 Å². The smallest absolute Gasteiger partial charge is 0.243 e. The molecule has 21 heavy (non-hydrogen) atoms. The van der Waals surface area contributed by atoms with Crippen LogP contribution in [0.3, 0.4) is 0 Å². The number of sulfonamides is 1. The Labute approximate surface area is 126 Å². The van der Waals surface area contributed by atoms with Crippen molar-refractivity contribution in [2.75, 3.05) is 6.54 Å². The molecule has 3 rings (SSSR count). The lowest BCUT2D eigenvalue weighted by molar-refractivity contribution is 0.384. The Morgan fingerprint density at radius 2 is 1.86 bits per heavy atom. The van der Waals surface area contributed by atoms with Crippen molar-refractivity contribution in [1.29, 1.82) is 0 Å². The lowest BCUT2D eigenvalue weighted by Crippen LogP contribution is -2.31. The highest BCUT2D eigenvalue weighted by molar-refractivity contribution is 7.89. The van der Waals surface area contributed by atoms with Crippen LogP contribution in [-0.2, 0) is 17.1 Å². The molecule has 1 saturated heterocycles. The molecule has 2 heterocycles. The van der Waals surface area contributed by atoms with Gasteiger partial charge < -0.3 is 4.57 Å². The first-order chi connectivity index (χ1) is 10.00. The van der Waals surface area contributed by atoms with Crippen molar-refractivity contribution in [3.63, 3.8) is 0 Å². The molecule has 0 aliphatic carbocycles. The van der Waals surface area contributed by atoms with Crippen molar-refractivity contribution in [3.8, 4) is 0 Å². The van der Waals surface area contributed by atoms with Crippen LogP contribution in [0.2, 0.25) is 0 Å². The SMILES string of the molecule is Cc1ccc(S(=O)(=O)N2CCCC2c2cccn2C)cc1. The van der Waals surface area contributed by atoms with E-state index in [2.05, 4.69) is 0 Å². The summed E-state index contributed by atoms with van der Waals surface area (Å²) in [6, 6.07) is 11.0. The standard InChI is InChI=1S/C16H20N2O2S/c1-13-7-9-14(10-8-13)21(19,20)18-12-4-6-16(18)15-5-3-11-17(15)2/h3,5,7-11,16H,4,6,12H2,1-2H3. The Balaban J connectivity index is 1.98. The average Bonchev–Trinajstić information content (AvgIpc) is 3.07. The molecule has 112 valence electrons. The van der Waals surface area contributed by atoms with E-state index in [-0.39, 0.29) is 6.04 Å². The van der Waals surface area contributed by atoms with Crippen molar-refractivity contribution < 1.29 is 8.42 Å². The Morgan fingerprint density at radius 1 is 1.14 bits per heavy atom. The molecule has 0 N–H and O–H groups in total. The number of hydrogen-bond donors (Lipinski definition) is 0. The van der Waals surface area contributed by atoms with Crippen LogP contribution in [0.25, 0.3) is 0 Å². The molecule has 2 aromatic rings. The summed E-state index contributed by atoms with van der Waals surface area (Å²) >= 11 is 0. The molecule has 1 atom stereocenters. The molecule has 1 aliphatic heterocycles. The van der Waals surface area contributed by atoms with Crippen LogP contribution >= 0.6 is 0 Å². The van der Waals surface area contributed by atoms with Gasteiger partial charge in [0.1, 0.15) is 0 Å². The fourth-order valence-corrected chi connectivity index (χ4v) is 4.66. The minimum absolute atomic E-state index is 0.0590. The van der Waals surface area contributed by atoms with Crippen molar-refractivity contribution in [3.05, 3.63) is 53.9 Å². The molecule has 5 heteroatoms. The van der Waals surface area contributed by atoms with Crippen molar-refractivity contribution >= 4 is 10.0 Å². The van der Waals surface area contributed by atoms with Gasteiger partial charge in [0.05, 0.1) is 10.9 Å². The predicted molar refractivity (Wildman–Crippen MR) is 82.5 cm³/mol. The molecule has 4 nitrogen and oxygen atoms in total. The predicted octanol–water partition coefficient (Wildman–Crippen LogP) is 2.86. The fourth-order valence-electron chi connectivity index (χ4n) is 2.99. The molecule has 0 spiro atoms. The summed E-state index contributed by atoms with van der Waals surface area (Å²) in [6.07, 6.45) is 3.74. The highest BCUT2D eigenvalue weighted by atomic mass is 32.2. The van der Waals surface area contributed by atoms with Crippen molar-refractivity contribution in [2.24, 2.45) is 7.05 Å². The lowest BCUT2D eigenvalue weighted by Gasteiger charge is -2.24. The first-order valence-corrected chi connectivity index (χ1v) is 8.64. The highest BCUT2D eigenvalue weighted by Gasteiger charge is 2.37. The Morgan fingerprint density at radius 3 is 2.48 bits per heavy atom. The third kappa shape index (κ3) is 2.51. The maximum absolute atomic E-state index is 12.9. The normalized spacial score (nSPS) is 20.0. The topological polar surface area (TPSA) is 42.3 Å². The first-order valence-electron chi connectivity index (χ1n) is 7.20. The van der Waals surface area contributed by atoms with E-state index in [4.69, 9.17) is 0 Å². The van der Waals surface area contributed by atoms with E-state index in [1.54, 1.807) is 16.4 Å². The molecule has 1 aliphatic rings. The molecular weight excluding hydrogens is 284 g/mol. The van der Waals surface area contributed by atoms with Crippen molar-refractivity contribution in [1.82, 2.24) is 8.87 Å². The summed E-state index contributed by atoms with van der Waals surface area (Å²) in [4.78, 5) is 0.384. The zero-order valence-corrected chi connectivity index (χ0v) is 13.2. The Bertz CT molecular complexity index is 732. The van der Waals surface area contributed by atoms with Crippen LogP contribution in [0.1, 0.15) is 30.1 Å². The van der Waals surface area contributed by atoms with Gasteiger partial charge in [0.15, 0.2) is 0 Å². The number of benzene rings is 1. The second-order valence-electron chi connectivity index (χ2n) is 5.63. The van der Waals surface area contributed by atoms with Gasteiger partial charge in [-0.05, 0) is 44.0 Å². The quantitative estimate of drug-likeness (QED) is 0.875. The summed E-state index contributed by atoms with van der Waals surface area (Å²) in [5.41, 5.74) is 2.12. The van der Waals surface area contributed by atoms with Crippen LogP contribution in [0.15, 0.2) is 47.5 Å². The molecule has 1 aromatic heterocycles. The van der Waals surface area contributed by atoms with Gasteiger partial charge in [-0.1, -0.05) is 17.7 Å². The maximum atomic E-state index is 12.9. The third-order valence-electron chi connectivity index (χ3n) is 4.16. The van der Waals surface area contributed by atoms with Gasteiger partial charge in [-0.3, -0.25) is 0 Å². The van der Waals surface area contributed by atoms with E-state index < -0.39 is 10.0 Å². The fraction of sp³-hybridized carbons (Fsp3) is 0.375. The molecule has 0 amide bonds. The van der Waals surface area contributed by atoms with E-state index in [9.17, 15) is 8.42 Å².